The van der Waals surface area contributed by atoms with Crippen LogP contribution in [0.2, 0.25) is 0 Å². The van der Waals surface area contributed by atoms with Gasteiger partial charge in [0, 0.05) is 34.0 Å². The maximum atomic E-state index is 4.26. The van der Waals surface area contributed by atoms with Gasteiger partial charge in [0.25, 0.3) is 0 Å². The molecule has 0 unspecified atom stereocenters. The van der Waals surface area contributed by atoms with E-state index >= 15 is 0 Å². The van der Waals surface area contributed by atoms with Gasteiger partial charge in [-0.15, -0.1) is 0 Å². The number of hydrogen-bond donors (Lipinski definition) is 3. The van der Waals surface area contributed by atoms with Crippen molar-refractivity contribution in [2.75, 3.05) is 46.0 Å². The Balaban J connectivity index is 3.53. The molecule has 0 radical (unpaired) electrons. The minimum absolute atomic E-state index is 0.770. The number of thioether (sulfide) groups is 3. The molecular weight excluding hydrogens is 301 g/mol. The van der Waals surface area contributed by atoms with Crippen molar-refractivity contribution in [3.05, 3.63) is 0 Å². The lowest BCUT2D eigenvalue weighted by atomic mass is 10.5. The van der Waals surface area contributed by atoms with E-state index in [4.69, 9.17) is 0 Å². The van der Waals surface area contributed by atoms with Crippen molar-refractivity contribution in [1.29, 1.82) is 0 Å². The Labute approximate surface area is 123 Å². The third-order valence-corrected chi connectivity index (χ3v) is 7.03. The summed E-state index contributed by atoms with van der Waals surface area (Å²) in [5.74, 6) is 8.94. The normalized spacial score (nSPS) is 11.2. The second-order valence-electron chi connectivity index (χ2n) is 2.81. The topological polar surface area (TPSA) is 0 Å². The molecule has 0 aliphatic carbocycles. The Morgan fingerprint density at radius 2 is 1.20 bits per heavy atom. The minimum atomic E-state index is 0.770. The Morgan fingerprint density at radius 1 is 0.733 bits per heavy atom. The molecule has 0 saturated carbocycles. The molecule has 0 rings (SSSR count). The molecule has 0 aliphatic heterocycles. The summed E-state index contributed by atoms with van der Waals surface area (Å²) in [4.78, 5) is 0. The van der Waals surface area contributed by atoms with E-state index in [0.717, 1.165) is 39.8 Å². The Bertz CT molecular complexity index is 111. The number of rotatable bonds is 11. The molecule has 0 fully saturated rings. The van der Waals surface area contributed by atoms with E-state index in [9.17, 15) is 0 Å². The third kappa shape index (κ3) is 12.3. The lowest BCUT2D eigenvalue weighted by Gasteiger charge is -2.15. The van der Waals surface area contributed by atoms with E-state index in [1.54, 1.807) is 0 Å². The van der Waals surface area contributed by atoms with E-state index in [-0.39, 0.29) is 0 Å². The van der Waals surface area contributed by atoms with Crippen LogP contribution >= 0.6 is 73.2 Å². The molecule has 0 aliphatic rings. The lowest BCUT2D eigenvalue weighted by Crippen LogP contribution is -2.12. The number of thiol groups is 3. The first kappa shape index (κ1) is 17.1. The first-order chi connectivity index (χ1) is 7.35. The molecule has 0 aromatic carbocycles. The van der Waals surface area contributed by atoms with Crippen molar-refractivity contribution in [1.82, 2.24) is 0 Å². The van der Waals surface area contributed by atoms with Crippen LogP contribution in [0.15, 0.2) is 0 Å². The highest BCUT2D eigenvalue weighted by Gasteiger charge is 2.08. The maximum absolute atomic E-state index is 4.26. The highest BCUT2D eigenvalue weighted by Crippen LogP contribution is 2.21. The summed E-state index contributed by atoms with van der Waals surface area (Å²) in [5, 5.41) is 0.770. The van der Waals surface area contributed by atoms with Crippen molar-refractivity contribution >= 4 is 73.2 Å². The van der Waals surface area contributed by atoms with Gasteiger partial charge in [-0.2, -0.15) is 73.2 Å². The van der Waals surface area contributed by atoms with Gasteiger partial charge in [-0.25, -0.2) is 0 Å². The van der Waals surface area contributed by atoms with Crippen LogP contribution in [-0.2, 0) is 0 Å². The first-order valence-corrected chi connectivity index (χ1v) is 10.2. The smallest absolute Gasteiger partial charge is 0.0229 e. The second-order valence-corrected chi connectivity index (χ2v) is 7.86. The average molecular weight is 321 g/mol. The van der Waals surface area contributed by atoms with Crippen LogP contribution in [0.1, 0.15) is 0 Å². The van der Waals surface area contributed by atoms with Gasteiger partial charge in [-0.3, -0.25) is 0 Å². The maximum Gasteiger partial charge on any atom is 0.0229 e. The minimum Gasteiger partial charge on any atom is -0.179 e. The predicted octanol–water partition coefficient (Wildman–Crippen LogP) is 3.34. The number of hydrogen-bond acceptors (Lipinski definition) is 6. The average Bonchev–Trinajstić information content (AvgIpc) is 2.25. The van der Waals surface area contributed by atoms with E-state index in [0.29, 0.717) is 0 Å². The van der Waals surface area contributed by atoms with E-state index in [1.165, 1.54) is 11.5 Å². The zero-order valence-corrected chi connectivity index (χ0v) is 13.9. The van der Waals surface area contributed by atoms with Crippen molar-refractivity contribution in [2.24, 2.45) is 0 Å². The van der Waals surface area contributed by atoms with Crippen LogP contribution in [0.25, 0.3) is 0 Å². The molecule has 15 heavy (non-hydrogen) atoms. The molecule has 6 heteroatoms. The molecule has 0 bridgehead atoms. The summed E-state index contributed by atoms with van der Waals surface area (Å²) in [6.45, 7) is 0. The summed E-state index contributed by atoms with van der Waals surface area (Å²) < 4.78 is 0. The summed E-state index contributed by atoms with van der Waals surface area (Å²) in [6, 6.07) is 0. The zero-order chi connectivity index (χ0) is 11.4. The van der Waals surface area contributed by atoms with Crippen LogP contribution in [0.5, 0.6) is 0 Å². The molecule has 0 aromatic heterocycles. The highest BCUT2D eigenvalue weighted by molar-refractivity contribution is 8.05. The van der Waals surface area contributed by atoms with Crippen LogP contribution in [0.4, 0.5) is 0 Å². The molecule has 0 aromatic rings. The fraction of sp³-hybridized carbons (Fsp3) is 1.00. The van der Waals surface area contributed by atoms with Crippen LogP contribution in [0, 0.1) is 0 Å². The van der Waals surface area contributed by atoms with Crippen LogP contribution in [-0.4, -0.2) is 51.3 Å². The predicted molar refractivity (Wildman–Crippen MR) is 92.5 cm³/mol. The van der Waals surface area contributed by atoms with Gasteiger partial charge in [0.2, 0.25) is 0 Å². The Hall–Kier alpha value is 2.10. The highest BCUT2D eigenvalue weighted by atomic mass is 32.2. The lowest BCUT2D eigenvalue weighted by molar-refractivity contribution is 1.14. The first-order valence-electron chi connectivity index (χ1n) is 4.94. The van der Waals surface area contributed by atoms with Crippen LogP contribution < -0.4 is 0 Å². The van der Waals surface area contributed by atoms with Crippen molar-refractivity contribution < 1.29 is 0 Å². The van der Waals surface area contributed by atoms with Crippen molar-refractivity contribution in [3.63, 3.8) is 0 Å². The molecule has 0 N–H and O–H groups in total. The standard InChI is InChI=1S/C9H20S6/c10-1-4-13-7-9(15-6-3-12)8-14-5-2-11/h9-12H,1-8H2. The fourth-order valence-corrected chi connectivity index (χ4v) is 5.30. The Kier molecular flexibility index (Phi) is 16.1. The van der Waals surface area contributed by atoms with E-state index < -0.39 is 0 Å². The molecule has 0 atom stereocenters. The molecule has 0 nitrogen and oxygen atoms in total. The van der Waals surface area contributed by atoms with Crippen molar-refractivity contribution in [2.45, 2.75) is 5.25 Å². The summed E-state index contributed by atoms with van der Waals surface area (Å²) in [5.41, 5.74) is 0. The van der Waals surface area contributed by atoms with Gasteiger partial charge in [0.05, 0.1) is 0 Å². The SMILES string of the molecule is SCCSCC(CSCCS)SCCS. The molecule has 0 saturated heterocycles. The largest absolute Gasteiger partial charge is 0.179 e. The van der Waals surface area contributed by atoms with Crippen LogP contribution in [0.3, 0.4) is 0 Å². The second kappa shape index (κ2) is 14.2. The van der Waals surface area contributed by atoms with Gasteiger partial charge in [-0.05, 0) is 17.3 Å². The van der Waals surface area contributed by atoms with Crippen molar-refractivity contribution in [3.8, 4) is 0 Å². The summed E-state index contributed by atoms with van der Waals surface area (Å²) >= 11 is 18.8. The van der Waals surface area contributed by atoms with Gasteiger partial charge in [0.15, 0.2) is 0 Å². The molecule has 0 amide bonds. The monoisotopic (exact) mass is 320 g/mol. The fourth-order valence-electron chi connectivity index (χ4n) is 0.922. The quantitative estimate of drug-likeness (QED) is 0.395. The summed E-state index contributed by atoms with van der Waals surface area (Å²) in [6.07, 6.45) is 0. The molecular formula is C9H20S6. The van der Waals surface area contributed by atoms with E-state index in [2.05, 4.69) is 49.6 Å². The molecule has 0 spiro atoms. The van der Waals surface area contributed by atoms with Gasteiger partial charge >= 0.3 is 0 Å². The van der Waals surface area contributed by atoms with Gasteiger partial charge in [0.1, 0.15) is 0 Å². The van der Waals surface area contributed by atoms with Gasteiger partial charge in [-0.1, -0.05) is 0 Å². The third-order valence-electron chi connectivity index (χ3n) is 1.52. The Morgan fingerprint density at radius 3 is 1.60 bits per heavy atom. The summed E-state index contributed by atoms with van der Waals surface area (Å²) in [7, 11) is 0. The molecule has 92 valence electrons. The van der Waals surface area contributed by atoms with Gasteiger partial charge < -0.3 is 0 Å². The van der Waals surface area contributed by atoms with E-state index in [1.807, 2.05) is 23.5 Å². The zero-order valence-electron chi connectivity index (χ0n) is 8.80. The molecule has 0 heterocycles.